The van der Waals surface area contributed by atoms with Gasteiger partial charge in [0.2, 0.25) is 0 Å². The number of aliphatic hydroxyl groups is 1. The summed E-state index contributed by atoms with van der Waals surface area (Å²) in [5.41, 5.74) is 0.901. The van der Waals surface area contributed by atoms with Gasteiger partial charge in [-0.25, -0.2) is 4.79 Å². The highest BCUT2D eigenvalue weighted by atomic mass is 16.3. The predicted octanol–water partition coefficient (Wildman–Crippen LogP) is 1.50. The molecule has 2 amide bonds. The summed E-state index contributed by atoms with van der Waals surface area (Å²) in [6.45, 7) is 2.60. The second kappa shape index (κ2) is 7.43. The molecule has 0 heterocycles. The molecule has 2 atom stereocenters. The van der Waals surface area contributed by atoms with Crippen molar-refractivity contribution < 1.29 is 9.90 Å². The summed E-state index contributed by atoms with van der Waals surface area (Å²) in [5, 5.41) is 15.1. The maximum atomic E-state index is 11.9. The smallest absolute Gasteiger partial charge is 0.315 e. The first-order valence-electron chi connectivity index (χ1n) is 7.54. The quantitative estimate of drug-likeness (QED) is 0.713. The van der Waals surface area contributed by atoms with Gasteiger partial charge in [-0.1, -0.05) is 30.3 Å². The number of hydrogen-bond donors (Lipinski definition) is 3. The van der Waals surface area contributed by atoms with E-state index in [9.17, 15) is 9.90 Å². The molecule has 0 bridgehead atoms. The molecule has 1 aliphatic rings. The first-order valence-corrected chi connectivity index (χ1v) is 7.54. The van der Waals surface area contributed by atoms with Gasteiger partial charge in [-0.15, -0.1) is 0 Å². The van der Waals surface area contributed by atoms with Gasteiger partial charge in [0.25, 0.3) is 0 Å². The maximum Gasteiger partial charge on any atom is 0.315 e. The largest absolute Gasteiger partial charge is 0.394 e. The Morgan fingerprint density at radius 1 is 1.38 bits per heavy atom. The highest BCUT2D eigenvalue weighted by Crippen LogP contribution is 2.26. The first kappa shape index (κ1) is 15.8. The number of carbonyl (C=O) groups is 1. The number of rotatable bonds is 7. The molecule has 3 N–H and O–H groups in total. The molecule has 0 aromatic heterocycles. The highest BCUT2D eigenvalue weighted by Gasteiger charge is 2.29. The van der Waals surface area contributed by atoms with Crippen molar-refractivity contribution in [3.8, 4) is 0 Å². The second-order valence-electron chi connectivity index (χ2n) is 5.75. The lowest BCUT2D eigenvalue weighted by Gasteiger charge is -2.25. The molecule has 0 spiro atoms. The Bertz CT molecular complexity index is 448. The fourth-order valence-corrected chi connectivity index (χ4v) is 2.36. The van der Waals surface area contributed by atoms with Gasteiger partial charge in [-0.05, 0) is 32.4 Å². The number of nitrogens with one attached hydrogen (secondary N) is 2. The van der Waals surface area contributed by atoms with Crippen molar-refractivity contribution in [2.24, 2.45) is 0 Å². The van der Waals surface area contributed by atoms with Crippen molar-refractivity contribution in [2.45, 2.75) is 37.9 Å². The molecule has 116 valence electrons. The molecule has 5 nitrogen and oxygen atoms in total. The van der Waals surface area contributed by atoms with E-state index in [4.69, 9.17) is 0 Å². The molecular weight excluding hydrogens is 266 g/mol. The molecule has 5 heteroatoms. The molecule has 1 fully saturated rings. The van der Waals surface area contributed by atoms with Gasteiger partial charge in [0, 0.05) is 18.6 Å². The van der Waals surface area contributed by atoms with Gasteiger partial charge < -0.3 is 15.7 Å². The van der Waals surface area contributed by atoms with Crippen molar-refractivity contribution in [2.75, 3.05) is 20.2 Å². The maximum absolute atomic E-state index is 11.9. The standard InChI is InChI=1S/C16H25N3O2/c1-12(19(2)14-8-9-14)10-17-16(21)18-15(11-20)13-6-4-3-5-7-13/h3-7,12,14-15,20H,8-11H2,1-2H3,(H2,17,18,21). The van der Waals surface area contributed by atoms with E-state index >= 15 is 0 Å². The van der Waals surface area contributed by atoms with E-state index in [2.05, 4.69) is 29.5 Å². The Hall–Kier alpha value is -1.59. The van der Waals surface area contributed by atoms with Crippen LogP contribution in [-0.4, -0.2) is 48.3 Å². The van der Waals surface area contributed by atoms with Crippen LogP contribution in [0.4, 0.5) is 4.79 Å². The number of amides is 2. The molecule has 2 unspecified atom stereocenters. The van der Waals surface area contributed by atoms with Crippen molar-refractivity contribution >= 4 is 6.03 Å². The number of carbonyl (C=O) groups excluding carboxylic acids is 1. The summed E-state index contributed by atoms with van der Waals surface area (Å²) in [7, 11) is 2.10. The van der Waals surface area contributed by atoms with Crippen LogP contribution in [0, 0.1) is 0 Å². The number of benzene rings is 1. The Morgan fingerprint density at radius 2 is 2.05 bits per heavy atom. The zero-order valence-corrected chi connectivity index (χ0v) is 12.7. The zero-order chi connectivity index (χ0) is 15.2. The fraction of sp³-hybridized carbons (Fsp3) is 0.562. The van der Waals surface area contributed by atoms with Gasteiger partial charge >= 0.3 is 6.03 Å². The van der Waals surface area contributed by atoms with Gasteiger partial charge in [0.1, 0.15) is 0 Å². The number of aliphatic hydroxyl groups excluding tert-OH is 1. The average molecular weight is 291 g/mol. The topological polar surface area (TPSA) is 64.6 Å². The lowest BCUT2D eigenvalue weighted by molar-refractivity contribution is 0.208. The van der Waals surface area contributed by atoms with E-state index in [1.807, 2.05) is 30.3 Å². The molecule has 1 saturated carbocycles. The Balaban J connectivity index is 1.77. The molecule has 0 saturated heterocycles. The van der Waals surface area contributed by atoms with E-state index < -0.39 is 0 Å². The number of hydrogen-bond acceptors (Lipinski definition) is 3. The first-order chi connectivity index (χ1) is 10.1. The minimum Gasteiger partial charge on any atom is -0.394 e. The lowest BCUT2D eigenvalue weighted by Crippen LogP contribution is -2.45. The van der Waals surface area contributed by atoms with Gasteiger partial charge in [0.15, 0.2) is 0 Å². The normalized spacial score (nSPS) is 17.3. The van der Waals surface area contributed by atoms with Crippen molar-refractivity contribution in [3.05, 3.63) is 35.9 Å². The summed E-state index contributed by atoms with van der Waals surface area (Å²) >= 11 is 0. The summed E-state index contributed by atoms with van der Waals surface area (Å²) in [5.74, 6) is 0. The monoisotopic (exact) mass is 291 g/mol. The van der Waals surface area contributed by atoms with Crippen molar-refractivity contribution in [1.82, 2.24) is 15.5 Å². The van der Waals surface area contributed by atoms with E-state index in [0.29, 0.717) is 18.6 Å². The van der Waals surface area contributed by atoms with Crippen LogP contribution in [0.3, 0.4) is 0 Å². The van der Waals surface area contributed by atoms with Crippen LogP contribution in [0.2, 0.25) is 0 Å². The Kier molecular flexibility index (Phi) is 5.59. The molecule has 21 heavy (non-hydrogen) atoms. The summed E-state index contributed by atoms with van der Waals surface area (Å²) in [4.78, 5) is 14.3. The van der Waals surface area contributed by atoms with Gasteiger partial charge in [0.05, 0.1) is 12.6 Å². The van der Waals surface area contributed by atoms with Crippen LogP contribution in [0.15, 0.2) is 30.3 Å². The zero-order valence-electron chi connectivity index (χ0n) is 12.7. The Labute approximate surface area is 126 Å². The molecular formula is C16H25N3O2. The van der Waals surface area contributed by atoms with E-state index in [-0.39, 0.29) is 18.7 Å². The van der Waals surface area contributed by atoms with Crippen LogP contribution in [0.25, 0.3) is 0 Å². The molecule has 1 aromatic carbocycles. The minimum atomic E-state index is -0.373. The van der Waals surface area contributed by atoms with Crippen molar-refractivity contribution in [3.63, 3.8) is 0 Å². The third-order valence-electron chi connectivity index (χ3n) is 4.07. The third kappa shape index (κ3) is 4.72. The van der Waals surface area contributed by atoms with E-state index in [0.717, 1.165) is 5.56 Å². The van der Waals surface area contributed by atoms with Crippen LogP contribution < -0.4 is 10.6 Å². The van der Waals surface area contributed by atoms with Crippen LogP contribution >= 0.6 is 0 Å². The number of urea groups is 1. The molecule has 0 radical (unpaired) electrons. The molecule has 1 aliphatic carbocycles. The Morgan fingerprint density at radius 3 is 2.62 bits per heavy atom. The van der Waals surface area contributed by atoms with Crippen LogP contribution in [-0.2, 0) is 0 Å². The van der Waals surface area contributed by atoms with Gasteiger partial charge in [-0.2, -0.15) is 0 Å². The lowest BCUT2D eigenvalue weighted by atomic mass is 10.1. The second-order valence-corrected chi connectivity index (χ2v) is 5.75. The van der Waals surface area contributed by atoms with Crippen LogP contribution in [0.5, 0.6) is 0 Å². The van der Waals surface area contributed by atoms with E-state index in [1.165, 1.54) is 12.8 Å². The molecule has 0 aliphatic heterocycles. The number of likely N-dealkylation sites (N-methyl/N-ethyl adjacent to an activating group) is 1. The van der Waals surface area contributed by atoms with Crippen LogP contribution in [0.1, 0.15) is 31.4 Å². The predicted molar refractivity (Wildman–Crippen MR) is 83.1 cm³/mol. The summed E-state index contributed by atoms with van der Waals surface area (Å²) in [6, 6.07) is 9.86. The van der Waals surface area contributed by atoms with E-state index in [1.54, 1.807) is 0 Å². The average Bonchev–Trinajstić information content (AvgIpc) is 3.35. The third-order valence-corrected chi connectivity index (χ3v) is 4.07. The molecule has 2 rings (SSSR count). The SMILES string of the molecule is CC(CNC(=O)NC(CO)c1ccccc1)N(C)C1CC1. The fourth-order valence-electron chi connectivity index (χ4n) is 2.36. The molecule has 1 aromatic rings. The summed E-state index contributed by atoms with van der Waals surface area (Å²) < 4.78 is 0. The summed E-state index contributed by atoms with van der Waals surface area (Å²) in [6.07, 6.45) is 2.52. The minimum absolute atomic E-state index is 0.116. The number of nitrogens with zero attached hydrogens (tertiary/aromatic N) is 1. The highest BCUT2D eigenvalue weighted by molar-refractivity contribution is 5.74. The van der Waals surface area contributed by atoms with Gasteiger partial charge in [-0.3, -0.25) is 4.90 Å². The van der Waals surface area contributed by atoms with Crippen molar-refractivity contribution in [1.29, 1.82) is 0 Å².